The standard InChI is InChI=1S/C25H32N2O9/c1-6-34-21(31)17-16-15(26-19(28)13-10-8-9-11-14(13)20(29)30)12-25(18(16)17,22(32)35-7-2)27-23(33)36-24(3,4)5/h8-11,15-18H,6-7,12H2,1-5H3,(H,26,28)(H,27,33)(H,29,30)/t15?,16?,17-,18?,25?/m0/s1. The molecular formula is C25H32N2O9. The molecule has 196 valence electrons. The van der Waals surface area contributed by atoms with Crippen molar-refractivity contribution < 1.29 is 43.3 Å². The molecule has 11 heteroatoms. The van der Waals surface area contributed by atoms with Gasteiger partial charge in [0.25, 0.3) is 5.91 Å². The van der Waals surface area contributed by atoms with Gasteiger partial charge in [-0.2, -0.15) is 0 Å². The van der Waals surface area contributed by atoms with Crippen molar-refractivity contribution in [2.24, 2.45) is 17.8 Å². The molecule has 0 spiro atoms. The maximum atomic E-state index is 13.2. The molecule has 11 nitrogen and oxygen atoms in total. The maximum absolute atomic E-state index is 13.2. The summed E-state index contributed by atoms with van der Waals surface area (Å²) in [5.41, 5.74) is -2.75. The number of carboxylic acid groups (broad SMARTS) is 1. The van der Waals surface area contributed by atoms with Crippen LogP contribution in [0.3, 0.4) is 0 Å². The molecule has 5 atom stereocenters. The first-order chi connectivity index (χ1) is 16.9. The van der Waals surface area contributed by atoms with Crippen LogP contribution in [0.4, 0.5) is 4.79 Å². The first kappa shape index (κ1) is 27.0. The zero-order chi connectivity index (χ0) is 26.8. The molecule has 36 heavy (non-hydrogen) atoms. The van der Waals surface area contributed by atoms with Crippen molar-refractivity contribution in [1.82, 2.24) is 10.6 Å². The smallest absolute Gasteiger partial charge is 0.408 e. The Hall–Kier alpha value is -3.63. The molecule has 3 rings (SSSR count). The van der Waals surface area contributed by atoms with E-state index in [4.69, 9.17) is 14.2 Å². The first-order valence-electron chi connectivity index (χ1n) is 11.8. The summed E-state index contributed by atoms with van der Waals surface area (Å²) in [5.74, 6) is -5.28. The van der Waals surface area contributed by atoms with Crippen LogP contribution in [0.15, 0.2) is 24.3 Å². The summed E-state index contributed by atoms with van der Waals surface area (Å²) in [4.78, 5) is 63.4. The molecule has 0 bridgehead atoms. The second-order valence-electron chi connectivity index (χ2n) is 9.83. The summed E-state index contributed by atoms with van der Waals surface area (Å²) >= 11 is 0. The highest BCUT2D eigenvalue weighted by Crippen LogP contribution is 2.63. The van der Waals surface area contributed by atoms with Gasteiger partial charge in [0, 0.05) is 18.4 Å². The molecule has 2 aliphatic carbocycles. The summed E-state index contributed by atoms with van der Waals surface area (Å²) < 4.78 is 15.8. The molecule has 4 unspecified atom stereocenters. The Morgan fingerprint density at radius 2 is 1.64 bits per heavy atom. The van der Waals surface area contributed by atoms with Crippen LogP contribution in [0, 0.1) is 17.8 Å². The number of rotatable bonds is 8. The van der Waals surface area contributed by atoms with Gasteiger partial charge in [-0.05, 0) is 52.7 Å². The van der Waals surface area contributed by atoms with Crippen LogP contribution in [-0.2, 0) is 23.8 Å². The molecule has 0 radical (unpaired) electrons. The number of carbonyl (C=O) groups is 5. The molecule has 2 aliphatic rings. The highest BCUT2D eigenvalue weighted by molar-refractivity contribution is 6.05. The molecular weight excluding hydrogens is 472 g/mol. The monoisotopic (exact) mass is 504 g/mol. The molecule has 0 aromatic heterocycles. The van der Waals surface area contributed by atoms with Crippen molar-refractivity contribution in [2.45, 2.75) is 58.2 Å². The second kappa shape index (κ2) is 10.2. The van der Waals surface area contributed by atoms with Gasteiger partial charge in [-0.1, -0.05) is 12.1 Å². The van der Waals surface area contributed by atoms with Gasteiger partial charge in [-0.15, -0.1) is 0 Å². The fourth-order valence-electron chi connectivity index (χ4n) is 5.04. The van der Waals surface area contributed by atoms with Crippen LogP contribution in [0.1, 0.15) is 61.8 Å². The van der Waals surface area contributed by atoms with E-state index in [-0.39, 0.29) is 30.8 Å². The molecule has 3 N–H and O–H groups in total. The zero-order valence-corrected chi connectivity index (χ0v) is 21.0. The van der Waals surface area contributed by atoms with Gasteiger partial charge >= 0.3 is 24.0 Å². The number of hydrogen-bond donors (Lipinski definition) is 3. The average Bonchev–Trinajstić information content (AvgIpc) is 3.46. The van der Waals surface area contributed by atoms with Crippen molar-refractivity contribution in [3.63, 3.8) is 0 Å². The summed E-state index contributed by atoms with van der Waals surface area (Å²) in [6.07, 6.45) is -0.941. The molecule has 2 amide bonds. The largest absolute Gasteiger partial charge is 0.478 e. The Kier molecular flexibility index (Phi) is 7.61. The van der Waals surface area contributed by atoms with Crippen LogP contribution >= 0.6 is 0 Å². The number of ether oxygens (including phenoxy) is 3. The SMILES string of the molecule is CCOC(=O)[C@H]1C2C(NC(=O)c3ccccc3C(=O)O)CC(NC(=O)OC(C)(C)C)(C(=O)OCC)C21. The van der Waals surface area contributed by atoms with E-state index >= 15 is 0 Å². The van der Waals surface area contributed by atoms with Crippen molar-refractivity contribution >= 4 is 29.9 Å². The normalized spacial score (nSPS) is 26.2. The van der Waals surface area contributed by atoms with E-state index in [0.717, 1.165) is 0 Å². The minimum absolute atomic E-state index is 0.0288. The van der Waals surface area contributed by atoms with E-state index in [1.165, 1.54) is 24.3 Å². The lowest BCUT2D eigenvalue weighted by Crippen LogP contribution is -2.59. The number of hydrogen-bond acceptors (Lipinski definition) is 8. The fourth-order valence-corrected chi connectivity index (χ4v) is 5.04. The van der Waals surface area contributed by atoms with E-state index in [1.807, 2.05) is 0 Å². The number of aromatic carboxylic acids is 1. The number of nitrogens with one attached hydrogen (secondary N) is 2. The lowest BCUT2D eigenvalue weighted by molar-refractivity contribution is -0.153. The predicted octanol–water partition coefficient (Wildman–Crippen LogP) is 2.14. The Bertz CT molecular complexity index is 1060. The molecule has 0 heterocycles. The molecule has 2 saturated carbocycles. The molecule has 1 aromatic carbocycles. The van der Waals surface area contributed by atoms with Crippen LogP contribution in [0.5, 0.6) is 0 Å². The molecule has 1 aromatic rings. The van der Waals surface area contributed by atoms with E-state index in [9.17, 15) is 29.1 Å². The van der Waals surface area contributed by atoms with Gasteiger partial charge in [0.2, 0.25) is 0 Å². The van der Waals surface area contributed by atoms with Gasteiger partial charge in [-0.3, -0.25) is 9.59 Å². The number of esters is 2. The highest BCUT2D eigenvalue weighted by Gasteiger charge is 2.76. The summed E-state index contributed by atoms with van der Waals surface area (Å²) in [6, 6.07) is 4.96. The van der Waals surface area contributed by atoms with E-state index in [1.54, 1.807) is 34.6 Å². The van der Waals surface area contributed by atoms with E-state index in [2.05, 4.69) is 10.6 Å². The summed E-state index contributed by atoms with van der Waals surface area (Å²) in [5, 5.41) is 14.9. The average molecular weight is 505 g/mol. The zero-order valence-electron chi connectivity index (χ0n) is 21.0. The minimum atomic E-state index is -1.65. The lowest BCUT2D eigenvalue weighted by Gasteiger charge is -2.33. The number of amides is 2. The second-order valence-corrected chi connectivity index (χ2v) is 9.83. The Labute approximate surface area is 208 Å². The Morgan fingerprint density at radius 3 is 2.19 bits per heavy atom. The number of benzene rings is 1. The van der Waals surface area contributed by atoms with Crippen LogP contribution in [0.2, 0.25) is 0 Å². The van der Waals surface area contributed by atoms with Gasteiger partial charge in [0.15, 0.2) is 0 Å². The third kappa shape index (κ3) is 5.29. The topological polar surface area (TPSA) is 157 Å². The third-order valence-electron chi connectivity index (χ3n) is 6.29. The van der Waals surface area contributed by atoms with Gasteiger partial charge in [0.05, 0.1) is 30.3 Å². The van der Waals surface area contributed by atoms with Gasteiger partial charge in [-0.25, -0.2) is 14.4 Å². The van der Waals surface area contributed by atoms with E-state index < -0.39 is 64.8 Å². The number of fused-ring (bicyclic) bond motifs is 1. The molecule has 0 saturated heterocycles. The van der Waals surface area contributed by atoms with Gasteiger partial charge < -0.3 is 30.0 Å². The van der Waals surface area contributed by atoms with Crippen LogP contribution in [-0.4, -0.2) is 65.4 Å². The third-order valence-corrected chi connectivity index (χ3v) is 6.29. The van der Waals surface area contributed by atoms with Crippen LogP contribution in [0.25, 0.3) is 0 Å². The quantitative estimate of drug-likeness (QED) is 0.356. The predicted molar refractivity (Wildman–Crippen MR) is 125 cm³/mol. The summed E-state index contributed by atoms with van der Waals surface area (Å²) in [7, 11) is 0. The van der Waals surface area contributed by atoms with E-state index in [0.29, 0.717) is 0 Å². The van der Waals surface area contributed by atoms with Gasteiger partial charge in [0.1, 0.15) is 11.1 Å². The Morgan fingerprint density at radius 1 is 1.03 bits per heavy atom. The minimum Gasteiger partial charge on any atom is -0.478 e. The highest BCUT2D eigenvalue weighted by atomic mass is 16.6. The number of alkyl carbamates (subject to hydrolysis) is 1. The first-order valence-corrected chi connectivity index (χ1v) is 11.8. The number of carbonyl (C=O) groups excluding carboxylic acids is 4. The van der Waals surface area contributed by atoms with Crippen molar-refractivity contribution in [2.75, 3.05) is 13.2 Å². The fraction of sp³-hybridized carbons (Fsp3) is 0.560. The maximum Gasteiger partial charge on any atom is 0.408 e. The number of carboxylic acids is 1. The Balaban J connectivity index is 1.96. The van der Waals surface area contributed by atoms with Crippen molar-refractivity contribution in [3.05, 3.63) is 35.4 Å². The van der Waals surface area contributed by atoms with Crippen molar-refractivity contribution in [1.29, 1.82) is 0 Å². The molecule has 2 fully saturated rings. The van der Waals surface area contributed by atoms with Crippen molar-refractivity contribution in [3.8, 4) is 0 Å². The molecule has 0 aliphatic heterocycles. The lowest BCUT2D eigenvalue weighted by atomic mass is 9.88. The summed E-state index contributed by atoms with van der Waals surface area (Å²) in [6.45, 7) is 8.41. The van der Waals surface area contributed by atoms with Crippen LogP contribution < -0.4 is 10.6 Å².